The van der Waals surface area contributed by atoms with Crippen LogP contribution < -0.4 is 0 Å². The molecule has 1 aromatic heterocycles. The average Bonchev–Trinajstić information content (AvgIpc) is 2.32. The van der Waals surface area contributed by atoms with Crippen LogP contribution in [-0.4, -0.2) is 12.1 Å². The van der Waals surface area contributed by atoms with Crippen LogP contribution in [0, 0.1) is 18.3 Å². The van der Waals surface area contributed by atoms with E-state index in [1.165, 1.54) is 11.3 Å². The Kier molecular flexibility index (Phi) is 2.58. The van der Waals surface area contributed by atoms with Crippen molar-refractivity contribution in [2.75, 3.05) is 7.11 Å². The molecule has 0 unspecified atom stereocenters. The summed E-state index contributed by atoms with van der Waals surface area (Å²) in [5, 5.41) is 9.44. The summed E-state index contributed by atoms with van der Waals surface area (Å²) in [6, 6.07) is 2.07. The molecule has 0 spiro atoms. The molecule has 0 amide bonds. The lowest BCUT2D eigenvalue weighted by Gasteiger charge is -1.88. The van der Waals surface area contributed by atoms with Gasteiger partial charge in [-0.05, 0) is 6.92 Å². The molecule has 0 aromatic carbocycles. The molecule has 0 aliphatic carbocycles. The predicted molar refractivity (Wildman–Crippen MR) is 42.3 cm³/mol. The Morgan fingerprint density at radius 1 is 1.73 bits per heavy atom. The van der Waals surface area contributed by atoms with Gasteiger partial charge in [-0.2, -0.15) is 5.26 Å². The van der Waals surface area contributed by atoms with Crippen molar-refractivity contribution in [3.63, 3.8) is 0 Å². The Hall–Kier alpha value is -0.920. The van der Waals surface area contributed by atoms with Crippen molar-refractivity contribution >= 4 is 11.3 Å². The summed E-state index contributed by atoms with van der Waals surface area (Å²) in [4.78, 5) is 4.82. The fraction of sp³-hybridized carbons (Fsp3) is 0.429. The summed E-state index contributed by atoms with van der Waals surface area (Å²) in [7, 11) is 1.61. The predicted octanol–water partition coefficient (Wildman–Crippen LogP) is 1.47. The van der Waals surface area contributed by atoms with Gasteiger partial charge in [0.1, 0.15) is 16.0 Å². The molecule has 4 heteroatoms. The van der Waals surface area contributed by atoms with Crippen molar-refractivity contribution in [1.82, 2.24) is 4.98 Å². The highest BCUT2D eigenvalue weighted by molar-refractivity contribution is 7.12. The maximum Gasteiger partial charge on any atom is 0.127 e. The molecule has 0 atom stereocenters. The number of hydrogen-bond acceptors (Lipinski definition) is 4. The van der Waals surface area contributed by atoms with Crippen LogP contribution in [0.4, 0.5) is 0 Å². The highest BCUT2D eigenvalue weighted by Crippen LogP contribution is 2.16. The van der Waals surface area contributed by atoms with E-state index in [0.717, 1.165) is 10.7 Å². The summed E-state index contributed by atoms with van der Waals surface area (Å²) < 4.78 is 4.88. The third-order valence-electron chi connectivity index (χ3n) is 1.21. The molecule has 1 rings (SSSR count). The lowest BCUT2D eigenvalue weighted by atomic mass is 10.4. The molecule has 0 aliphatic heterocycles. The first-order valence-corrected chi connectivity index (χ1v) is 3.95. The third kappa shape index (κ3) is 1.76. The van der Waals surface area contributed by atoms with Crippen LogP contribution in [0.5, 0.6) is 0 Å². The van der Waals surface area contributed by atoms with Crippen molar-refractivity contribution in [3.8, 4) is 6.07 Å². The largest absolute Gasteiger partial charge is 0.378 e. The number of aryl methyl sites for hydroxylation is 1. The Balaban J connectivity index is 2.89. The molecular weight excluding hydrogens is 160 g/mol. The van der Waals surface area contributed by atoms with Gasteiger partial charge in [-0.25, -0.2) is 4.98 Å². The van der Waals surface area contributed by atoms with Crippen LogP contribution in [0.25, 0.3) is 0 Å². The van der Waals surface area contributed by atoms with Crippen LogP contribution in [0.3, 0.4) is 0 Å². The molecule has 58 valence electrons. The van der Waals surface area contributed by atoms with Gasteiger partial charge in [0.05, 0.1) is 12.3 Å². The topological polar surface area (TPSA) is 45.9 Å². The van der Waals surface area contributed by atoms with Crippen molar-refractivity contribution in [2.24, 2.45) is 0 Å². The summed E-state index contributed by atoms with van der Waals surface area (Å²) in [6.07, 6.45) is 0. The normalized spacial score (nSPS) is 9.55. The number of hydrogen-bond donors (Lipinski definition) is 0. The van der Waals surface area contributed by atoms with Crippen molar-refractivity contribution in [2.45, 2.75) is 13.5 Å². The molecule has 1 aromatic rings. The number of methoxy groups -OCH3 is 1. The highest BCUT2D eigenvalue weighted by Gasteiger charge is 2.05. The Morgan fingerprint density at radius 3 is 2.91 bits per heavy atom. The second-order valence-corrected chi connectivity index (χ2v) is 3.15. The smallest absolute Gasteiger partial charge is 0.127 e. The van der Waals surface area contributed by atoms with Gasteiger partial charge < -0.3 is 4.74 Å². The van der Waals surface area contributed by atoms with E-state index in [9.17, 15) is 0 Å². The van der Waals surface area contributed by atoms with Gasteiger partial charge in [0.2, 0.25) is 0 Å². The Bertz CT molecular complexity index is 287. The van der Waals surface area contributed by atoms with E-state index in [-0.39, 0.29) is 0 Å². The lowest BCUT2D eigenvalue weighted by Crippen LogP contribution is -1.84. The third-order valence-corrected chi connectivity index (χ3v) is 2.25. The lowest BCUT2D eigenvalue weighted by molar-refractivity contribution is 0.184. The molecule has 0 saturated carbocycles. The standard InChI is InChI=1S/C7H8N2OS/c1-5-6(3-8)11-7(9-5)4-10-2/h4H2,1-2H3. The van der Waals surface area contributed by atoms with Crippen molar-refractivity contribution < 1.29 is 4.74 Å². The number of ether oxygens (including phenoxy) is 1. The first-order valence-electron chi connectivity index (χ1n) is 3.13. The van der Waals surface area contributed by atoms with Crippen LogP contribution in [0.1, 0.15) is 15.6 Å². The summed E-state index contributed by atoms with van der Waals surface area (Å²) in [6.45, 7) is 2.32. The SMILES string of the molecule is COCc1nc(C)c(C#N)s1. The first-order chi connectivity index (χ1) is 5.27. The molecule has 11 heavy (non-hydrogen) atoms. The summed E-state index contributed by atoms with van der Waals surface area (Å²) >= 11 is 1.39. The zero-order chi connectivity index (χ0) is 8.27. The quantitative estimate of drug-likeness (QED) is 0.671. The van der Waals surface area contributed by atoms with E-state index >= 15 is 0 Å². The molecule has 3 nitrogen and oxygen atoms in total. The summed E-state index contributed by atoms with van der Waals surface area (Å²) in [5.41, 5.74) is 0.796. The fourth-order valence-electron chi connectivity index (χ4n) is 0.741. The van der Waals surface area contributed by atoms with E-state index < -0.39 is 0 Å². The van der Waals surface area contributed by atoms with Gasteiger partial charge in [-0.1, -0.05) is 0 Å². The minimum absolute atomic E-state index is 0.493. The zero-order valence-electron chi connectivity index (χ0n) is 6.42. The van der Waals surface area contributed by atoms with Crippen molar-refractivity contribution in [3.05, 3.63) is 15.6 Å². The zero-order valence-corrected chi connectivity index (χ0v) is 7.23. The second kappa shape index (κ2) is 3.46. The van der Waals surface area contributed by atoms with Gasteiger partial charge in [-0.15, -0.1) is 11.3 Å². The van der Waals surface area contributed by atoms with Gasteiger partial charge >= 0.3 is 0 Å². The molecule has 0 fully saturated rings. The number of aromatic nitrogens is 1. The first kappa shape index (κ1) is 8.18. The molecule has 0 N–H and O–H groups in total. The van der Waals surface area contributed by atoms with Gasteiger partial charge in [0.25, 0.3) is 0 Å². The minimum Gasteiger partial charge on any atom is -0.378 e. The summed E-state index contributed by atoms with van der Waals surface area (Å²) in [5.74, 6) is 0. The Morgan fingerprint density at radius 2 is 2.45 bits per heavy atom. The van der Waals surface area contributed by atoms with E-state index in [4.69, 9.17) is 10.00 Å². The minimum atomic E-state index is 0.493. The monoisotopic (exact) mass is 168 g/mol. The average molecular weight is 168 g/mol. The van der Waals surface area contributed by atoms with Crippen LogP contribution in [0.2, 0.25) is 0 Å². The highest BCUT2D eigenvalue weighted by atomic mass is 32.1. The second-order valence-electron chi connectivity index (χ2n) is 2.07. The van der Waals surface area contributed by atoms with Crippen LogP contribution >= 0.6 is 11.3 Å². The van der Waals surface area contributed by atoms with Gasteiger partial charge in [0, 0.05) is 7.11 Å². The van der Waals surface area contributed by atoms with Crippen molar-refractivity contribution in [1.29, 1.82) is 5.26 Å². The molecule has 0 saturated heterocycles. The van der Waals surface area contributed by atoms with Crippen LogP contribution in [-0.2, 0) is 11.3 Å². The van der Waals surface area contributed by atoms with Gasteiger partial charge in [-0.3, -0.25) is 0 Å². The van der Waals surface area contributed by atoms with E-state index in [2.05, 4.69) is 11.1 Å². The molecule has 0 aliphatic rings. The molecule has 1 heterocycles. The molecule has 0 radical (unpaired) electrons. The van der Waals surface area contributed by atoms with Crippen LogP contribution in [0.15, 0.2) is 0 Å². The number of nitrogens with zero attached hydrogens (tertiary/aromatic N) is 2. The maximum atomic E-state index is 8.58. The van der Waals surface area contributed by atoms with E-state index in [0.29, 0.717) is 11.5 Å². The molecular formula is C7H8N2OS. The maximum absolute atomic E-state index is 8.58. The Labute approximate surface area is 69.3 Å². The number of rotatable bonds is 2. The number of nitriles is 1. The molecule has 0 bridgehead atoms. The van der Waals surface area contributed by atoms with E-state index in [1.54, 1.807) is 7.11 Å². The number of thiazole rings is 1. The van der Waals surface area contributed by atoms with Gasteiger partial charge in [0.15, 0.2) is 0 Å². The fourth-order valence-corrected chi connectivity index (χ4v) is 1.58. The van der Waals surface area contributed by atoms with E-state index in [1.807, 2.05) is 6.92 Å².